The number of hydrogen-bond donors (Lipinski definition) is 1. The molecule has 1 heterocycles. The van der Waals surface area contributed by atoms with Crippen LogP contribution in [0.1, 0.15) is 17.0 Å². The van der Waals surface area contributed by atoms with E-state index in [2.05, 4.69) is 5.32 Å². The van der Waals surface area contributed by atoms with Gasteiger partial charge in [-0.3, -0.25) is 4.79 Å². The molecule has 3 rings (SSSR count). The highest BCUT2D eigenvalue weighted by Crippen LogP contribution is 2.32. The lowest BCUT2D eigenvalue weighted by molar-refractivity contribution is -0.112. The molecule has 0 aliphatic heterocycles. The maximum atomic E-state index is 12.5. The second kappa shape index (κ2) is 8.35. The summed E-state index contributed by atoms with van der Waals surface area (Å²) in [5.74, 6) is -0.459. The molecule has 0 saturated heterocycles. The average Bonchev–Trinajstić information content (AvgIpc) is 2.96. The van der Waals surface area contributed by atoms with Crippen molar-refractivity contribution in [3.8, 4) is 11.8 Å². The fraction of sp³-hybridized carbons (Fsp3) is 0.0909. The summed E-state index contributed by atoms with van der Waals surface area (Å²) in [6.45, 7) is 3.83. The highest BCUT2D eigenvalue weighted by atomic mass is 35.5. The summed E-state index contributed by atoms with van der Waals surface area (Å²) >= 11 is 12.5. The topological polar surface area (TPSA) is 57.8 Å². The number of para-hydroxylation sites is 1. The van der Waals surface area contributed by atoms with E-state index < -0.39 is 5.91 Å². The van der Waals surface area contributed by atoms with E-state index in [1.54, 1.807) is 24.3 Å². The third kappa shape index (κ3) is 3.96. The van der Waals surface area contributed by atoms with Gasteiger partial charge >= 0.3 is 0 Å². The number of amides is 1. The lowest BCUT2D eigenvalue weighted by Crippen LogP contribution is -2.13. The smallest absolute Gasteiger partial charge is 0.266 e. The van der Waals surface area contributed by atoms with Crippen LogP contribution in [0.5, 0.6) is 0 Å². The summed E-state index contributed by atoms with van der Waals surface area (Å²) in [7, 11) is 0. The normalized spacial score (nSPS) is 11.2. The molecule has 1 aromatic heterocycles. The number of anilines is 1. The first kappa shape index (κ1) is 19.8. The van der Waals surface area contributed by atoms with Gasteiger partial charge in [-0.15, -0.1) is 0 Å². The van der Waals surface area contributed by atoms with Crippen molar-refractivity contribution in [2.75, 3.05) is 5.32 Å². The number of carbonyl (C=O) groups is 1. The molecule has 0 aliphatic carbocycles. The lowest BCUT2D eigenvalue weighted by Gasteiger charge is -2.12. The second-order valence-electron chi connectivity index (χ2n) is 6.22. The van der Waals surface area contributed by atoms with Gasteiger partial charge in [-0.2, -0.15) is 5.26 Å². The molecule has 0 atom stereocenters. The van der Waals surface area contributed by atoms with E-state index in [4.69, 9.17) is 23.2 Å². The fourth-order valence-corrected chi connectivity index (χ4v) is 3.37. The van der Waals surface area contributed by atoms with Crippen molar-refractivity contribution in [3.05, 3.63) is 87.2 Å². The van der Waals surface area contributed by atoms with Crippen molar-refractivity contribution in [1.29, 1.82) is 5.26 Å². The summed E-state index contributed by atoms with van der Waals surface area (Å²) in [6, 6.07) is 18.3. The van der Waals surface area contributed by atoms with E-state index in [9.17, 15) is 10.1 Å². The molecule has 0 saturated carbocycles. The van der Waals surface area contributed by atoms with Crippen LogP contribution in [0.2, 0.25) is 10.0 Å². The number of aryl methyl sites for hydroxylation is 1. The van der Waals surface area contributed by atoms with Crippen molar-refractivity contribution in [3.63, 3.8) is 0 Å². The number of rotatable bonds is 4. The zero-order chi connectivity index (χ0) is 20.3. The van der Waals surface area contributed by atoms with Gasteiger partial charge in [0.2, 0.25) is 0 Å². The third-order valence-electron chi connectivity index (χ3n) is 4.34. The number of benzene rings is 2. The van der Waals surface area contributed by atoms with Crippen LogP contribution < -0.4 is 5.32 Å². The number of nitrogens with zero attached hydrogens (tertiary/aromatic N) is 2. The van der Waals surface area contributed by atoms with E-state index in [1.807, 2.05) is 60.9 Å². The first-order valence-electron chi connectivity index (χ1n) is 8.54. The first-order chi connectivity index (χ1) is 13.4. The van der Waals surface area contributed by atoms with E-state index in [1.165, 1.54) is 0 Å². The van der Waals surface area contributed by atoms with Crippen LogP contribution in [0.3, 0.4) is 0 Å². The molecule has 4 nitrogen and oxygen atoms in total. The largest absolute Gasteiger partial charge is 0.321 e. The Hall–Kier alpha value is -3.00. The van der Waals surface area contributed by atoms with Crippen molar-refractivity contribution in [1.82, 2.24) is 4.57 Å². The van der Waals surface area contributed by atoms with E-state index in [0.717, 1.165) is 22.6 Å². The number of halogens is 2. The molecule has 0 spiro atoms. The first-order valence-corrected chi connectivity index (χ1v) is 9.29. The molecule has 6 heteroatoms. The molecule has 140 valence electrons. The Morgan fingerprint density at radius 3 is 2.50 bits per heavy atom. The van der Waals surface area contributed by atoms with Crippen LogP contribution in [0.4, 0.5) is 5.69 Å². The molecule has 28 heavy (non-hydrogen) atoms. The van der Waals surface area contributed by atoms with E-state index in [-0.39, 0.29) is 5.57 Å². The van der Waals surface area contributed by atoms with E-state index in [0.29, 0.717) is 15.7 Å². The molecule has 1 amide bonds. The van der Waals surface area contributed by atoms with Gasteiger partial charge in [0.15, 0.2) is 0 Å². The Morgan fingerprint density at radius 2 is 1.82 bits per heavy atom. The number of nitrogens with one attached hydrogen (secondary N) is 1. The predicted molar refractivity (Wildman–Crippen MR) is 114 cm³/mol. The Bertz CT molecular complexity index is 1110. The van der Waals surface area contributed by atoms with Gasteiger partial charge in [0.1, 0.15) is 11.6 Å². The minimum atomic E-state index is -0.459. The maximum absolute atomic E-state index is 12.5. The number of carbonyl (C=O) groups excluding carboxylic acids is 1. The lowest BCUT2D eigenvalue weighted by atomic mass is 10.1. The second-order valence-corrected chi connectivity index (χ2v) is 7.01. The summed E-state index contributed by atoms with van der Waals surface area (Å²) in [5, 5.41) is 13.1. The van der Waals surface area contributed by atoms with Gasteiger partial charge in [-0.1, -0.05) is 47.5 Å². The zero-order valence-corrected chi connectivity index (χ0v) is 16.8. The van der Waals surface area contributed by atoms with Crippen molar-refractivity contribution in [2.24, 2.45) is 0 Å². The van der Waals surface area contributed by atoms with Crippen molar-refractivity contribution in [2.45, 2.75) is 13.8 Å². The van der Waals surface area contributed by atoms with Crippen LogP contribution in [0, 0.1) is 25.2 Å². The van der Waals surface area contributed by atoms with Gasteiger partial charge in [0.25, 0.3) is 5.91 Å². The van der Waals surface area contributed by atoms with Gasteiger partial charge in [-0.25, -0.2) is 0 Å². The number of nitriles is 1. The molecular formula is C22H17Cl2N3O. The van der Waals surface area contributed by atoms with E-state index >= 15 is 0 Å². The SMILES string of the molecule is Cc1cc(/C=C(/C#N)C(=O)Nc2ccccc2)c(C)n1-c1cccc(Cl)c1Cl. The minimum Gasteiger partial charge on any atom is -0.321 e. The van der Waals surface area contributed by atoms with Crippen LogP contribution in [0.25, 0.3) is 11.8 Å². The fourth-order valence-electron chi connectivity index (χ4n) is 2.99. The van der Waals surface area contributed by atoms with Gasteiger partial charge in [0.05, 0.1) is 15.7 Å². The summed E-state index contributed by atoms with van der Waals surface area (Å²) < 4.78 is 1.95. The van der Waals surface area contributed by atoms with Gasteiger partial charge < -0.3 is 9.88 Å². The van der Waals surface area contributed by atoms with Gasteiger partial charge in [-0.05, 0) is 55.8 Å². The Balaban J connectivity index is 1.99. The average molecular weight is 410 g/mol. The highest BCUT2D eigenvalue weighted by Gasteiger charge is 2.16. The monoisotopic (exact) mass is 409 g/mol. The molecular weight excluding hydrogens is 393 g/mol. The molecule has 1 N–H and O–H groups in total. The third-order valence-corrected chi connectivity index (χ3v) is 5.15. The van der Waals surface area contributed by atoms with Crippen LogP contribution in [0.15, 0.2) is 60.2 Å². The van der Waals surface area contributed by atoms with Crippen molar-refractivity contribution >= 4 is 40.9 Å². The number of hydrogen-bond acceptors (Lipinski definition) is 2. The van der Waals surface area contributed by atoms with Gasteiger partial charge in [0, 0.05) is 17.1 Å². The van der Waals surface area contributed by atoms with Crippen LogP contribution in [-0.4, -0.2) is 10.5 Å². The minimum absolute atomic E-state index is 0.0151. The molecule has 0 aliphatic rings. The summed E-state index contributed by atoms with van der Waals surface area (Å²) in [6.07, 6.45) is 1.58. The Kier molecular flexibility index (Phi) is 5.89. The Morgan fingerprint density at radius 1 is 1.11 bits per heavy atom. The zero-order valence-electron chi connectivity index (χ0n) is 15.3. The Labute approximate surface area is 173 Å². The predicted octanol–water partition coefficient (Wildman–Crippen LogP) is 5.95. The summed E-state index contributed by atoms with van der Waals surface area (Å²) in [4.78, 5) is 12.5. The molecule has 0 radical (unpaired) electrons. The highest BCUT2D eigenvalue weighted by molar-refractivity contribution is 6.43. The molecule has 2 aromatic carbocycles. The maximum Gasteiger partial charge on any atom is 0.266 e. The molecule has 3 aromatic rings. The molecule has 0 fully saturated rings. The summed E-state index contributed by atoms with van der Waals surface area (Å²) in [5.41, 5.74) is 3.91. The van der Waals surface area contributed by atoms with Crippen LogP contribution in [-0.2, 0) is 4.79 Å². The standard InChI is InChI=1S/C22H17Cl2N3O/c1-14-11-16(15(2)27(14)20-10-6-9-19(23)21(20)24)12-17(13-25)22(28)26-18-7-4-3-5-8-18/h3-12H,1-2H3,(H,26,28)/b17-12-. The molecule has 0 unspecified atom stereocenters. The number of aromatic nitrogens is 1. The van der Waals surface area contributed by atoms with Crippen molar-refractivity contribution < 1.29 is 4.79 Å². The molecule has 0 bridgehead atoms. The quantitative estimate of drug-likeness (QED) is 0.427. The van der Waals surface area contributed by atoms with Crippen LogP contribution >= 0.6 is 23.2 Å².